The molecule has 0 aliphatic rings. The van der Waals surface area contributed by atoms with Crippen LogP contribution in [-0.2, 0) is 26.7 Å². The normalized spacial score (nSPS) is 11.7. The molecule has 0 amide bonds. The Bertz CT molecular complexity index is 531. The Hall–Kier alpha value is -1.24. The lowest BCUT2D eigenvalue weighted by molar-refractivity contribution is 0.304. The van der Waals surface area contributed by atoms with Crippen molar-refractivity contribution in [2.45, 2.75) is 39.5 Å². The van der Waals surface area contributed by atoms with Crippen LogP contribution in [0.3, 0.4) is 0 Å². The molecule has 2 aromatic heterocycles. The molecule has 0 atom stereocenters. The van der Waals surface area contributed by atoms with Gasteiger partial charge in [0, 0.05) is 44.0 Å². The molecule has 2 aromatic rings. The first-order valence-corrected chi connectivity index (χ1v) is 7.74. The molecule has 0 saturated heterocycles. The first-order chi connectivity index (χ1) is 9.54. The zero-order valence-electron chi connectivity index (χ0n) is 12.6. The van der Waals surface area contributed by atoms with E-state index >= 15 is 0 Å². The third-order valence-electron chi connectivity index (χ3n) is 3.03. The van der Waals surface area contributed by atoms with Gasteiger partial charge in [0.1, 0.15) is 10.8 Å². The van der Waals surface area contributed by atoms with E-state index < -0.39 is 0 Å². The second-order valence-electron chi connectivity index (χ2n) is 5.39. The molecule has 6 heteroatoms. The van der Waals surface area contributed by atoms with Gasteiger partial charge in [-0.25, -0.2) is 9.97 Å². The van der Waals surface area contributed by atoms with Crippen LogP contribution in [0, 0.1) is 0 Å². The van der Waals surface area contributed by atoms with Crippen molar-refractivity contribution in [3.05, 3.63) is 34.3 Å². The van der Waals surface area contributed by atoms with E-state index in [1.54, 1.807) is 11.3 Å². The highest BCUT2D eigenvalue weighted by molar-refractivity contribution is 7.09. The summed E-state index contributed by atoms with van der Waals surface area (Å²) in [5.74, 6) is 1.07. The van der Waals surface area contributed by atoms with Crippen molar-refractivity contribution in [2.75, 3.05) is 7.05 Å². The molecule has 110 valence electrons. The Balaban J connectivity index is 1.85. The molecule has 0 unspecified atom stereocenters. The Kier molecular flexibility index (Phi) is 5.28. The van der Waals surface area contributed by atoms with E-state index in [2.05, 4.69) is 51.0 Å². The van der Waals surface area contributed by atoms with Crippen LogP contribution >= 0.6 is 11.3 Å². The van der Waals surface area contributed by atoms with Gasteiger partial charge in [0.15, 0.2) is 0 Å². The second-order valence-corrected chi connectivity index (χ2v) is 6.34. The third kappa shape index (κ3) is 4.40. The van der Waals surface area contributed by atoms with Crippen LogP contribution in [0.5, 0.6) is 0 Å². The summed E-state index contributed by atoms with van der Waals surface area (Å²) >= 11 is 1.72. The van der Waals surface area contributed by atoms with Crippen LogP contribution in [0.25, 0.3) is 0 Å². The summed E-state index contributed by atoms with van der Waals surface area (Å²) in [4.78, 5) is 11.2. The molecule has 2 rings (SSSR count). The van der Waals surface area contributed by atoms with Crippen LogP contribution < -0.4 is 5.32 Å². The van der Waals surface area contributed by atoms with E-state index in [4.69, 9.17) is 0 Å². The molecular formula is C14H23N5S. The van der Waals surface area contributed by atoms with Crippen LogP contribution in [0.2, 0.25) is 0 Å². The summed E-state index contributed by atoms with van der Waals surface area (Å²) in [6.45, 7) is 6.83. The van der Waals surface area contributed by atoms with Gasteiger partial charge >= 0.3 is 0 Å². The van der Waals surface area contributed by atoms with E-state index in [1.165, 1.54) is 0 Å². The third-order valence-corrected chi connectivity index (χ3v) is 3.92. The zero-order chi connectivity index (χ0) is 14.5. The fraction of sp³-hybridized carbons (Fsp3) is 0.571. The van der Waals surface area contributed by atoms with Crippen LogP contribution in [0.1, 0.15) is 30.4 Å². The Morgan fingerprint density at radius 3 is 2.85 bits per heavy atom. The van der Waals surface area contributed by atoms with Crippen molar-refractivity contribution in [3.8, 4) is 0 Å². The quantitative estimate of drug-likeness (QED) is 0.848. The van der Waals surface area contributed by atoms with Gasteiger partial charge in [-0.15, -0.1) is 11.3 Å². The number of aromatic nitrogens is 3. The van der Waals surface area contributed by atoms with Crippen molar-refractivity contribution >= 4 is 11.3 Å². The number of imidazole rings is 1. The van der Waals surface area contributed by atoms with Crippen molar-refractivity contribution in [2.24, 2.45) is 7.05 Å². The molecule has 20 heavy (non-hydrogen) atoms. The predicted octanol–water partition coefficient (Wildman–Crippen LogP) is 2.01. The Morgan fingerprint density at radius 1 is 1.40 bits per heavy atom. The molecule has 0 bridgehead atoms. The molecule has 5 nitrogen and oxygen atoms in total. The summed E-state index contributed by atoms with van der Waals surface area (Å²) in [6, 6.07) is 0.494. The molecule has 0 spiro atoms. The fourth-order valence-electron chi connectivity index (χ4n) is 1.92. The molecule has 0 aromatic carbocycles. The molecule has 0 aliphatic heterocycles. The minimum atomic E-state index is 0.494. The largest absolute Gasteiger partial charge is 0.337 e. The lowest BCUT2D eigenvalue weighted by atomic mass is 10.4. The molecule has 0 aliphatic carbocycles. The van der Waals surface area contributed by atoms with Gasteiger partial charge in [-0.3, -0.25) is 4.90 Å². The fourth-order valence-corrected chi connectivity index (χ4v) is 2.65. The summed E-state index contributed by atoms with van der Waals surface area (Å²) in [6.07, 6.45) is 3.81. The Morgan fingerprint density at radius 2 is 2.20 bits per heavy atom. The minimum Gasteiger partial charge on any atom is -0.337 e. The maximum absolute atomic E-state index is 4.66. The maximum atomic E-state index is 4.66. The van der Waals surface area contributed by atoms with Crippen LogP contribution in [0.4, 0.5) is 0 Å². The summed E-state index contributed by atoms with van der Waals surface area (Å²) in [5, 5.41) is 6.69. The lowest BCUT2D eigenvalue weighted by Crippen LogP contribution is -2.22. The SMILES string of the molecule is CC(C)NCc1nc(CN(C)Cc2nccn2C)cs1. The van der Waals surface area contributed by atoms with E-state index in [-0.39, 0.29) is 0 Å². The van der Waals surface area contributed by atoms with E-state index in [0.717, 1.165) is 36.2 Å². The number of nitrogens with zero attached hydrogens (tertiary/aromatic N) is 4. The maximum Gasteiger partial charge on any atom is 0.122 e. The van der Waals surface area contributed by atoms with Gasteiger partial charge in [0.2, 0.25) is 0 Å². The highest BCUT2D eigenvalue weighted by Crippen LogP contribution is 2.12. The van der Waals surface area contributed by atoms with Gasteiger partial charge in [-0.2, -0.15) is 0 Å². The standard InChI is InChI=1S/C14H23N5S/c1-11(2)16-7-14-17-12(10-20-14)8-18(3)9-13-15-5-6-19(13)4/h5-6,10-11,16H,7-9H2,1-4H3. The molecule has 2 heterocycles. The van der Waals surface area contributed by atoms with Crippen LogP contribution in [0.15, 0.2) is 17.8 Å². The van der Waals surface area contributed by atoms with E-state index in [1.807, 2.05) is 19.4 Å². The number of nitrogens with one attached hydrogen (secondary N) is 1. The van der Waals surface area contributed by atoms with Gasteiger partial charge in [0.05, 0.1) is 12.2 Å². The number of hydrogen-bond donors (Lipinski definition) is 1. The summed E-state index contributed by atoms with van der Waals surface area (Å²) < 4.78 is 2.05. The molecular weight excluding hydrogens is 270 g/mol. The van der Waals surface area contributed by atoms with Crippen molar-refractivity contribution < 1.29 is 0 Å². The predicted molar refractivity (Wildman–Crippen MR) is 82.5 cm³/mol. The first kappa shape index (κ1) is 15.2. The molecule has 0 radical (unpaired) electrons. The number of aryl methyl sites for hydroxylation is 1. The number of rotatable bonds is 7. The number of thiazole rings is 1. The van der Waals surface area contributed by atoms with Gasteiger partial charge < -0.3 is 9.88 Å². The summed E-state index contributed by atoms with van der Waals surface area (Å²) in [7, 11) is 4.12. The molecule has 0 saturated carbocycles. The highest BCUT2D eigenvalue weighted by atomic mass is 32.1. The Labute approximate surface area is 124 Å². The minimum absolute atomic E-state index is 0.494. The first-order valence-electron chi connectivity index (χ1n) is 6.86. The smallest absolute Gasteiger partial charge is 0.122 e. The monoisotopic (exact) mass is 293 g/mol. The van der Waals surface area contributed by atoms with Crippen molar-refractivity contribution in [3.63, 3.8) is 0 Å². The van der Waals surface area contributed by atoms with Crippen molar-refractivity contribution in [1.29, 1.82) is 0 Å². The van der Waals surface area contributed by atoms with Gasteiger partial charge in [-0.1, -0.05) is 13.8 Å². The molecule has 1 N–H and O–H groups in total. The number of hydrogen-bond acceptors (Lipinski definition) is 5. The van der Waals surface area contributed by atoms with E-state index in [9.17, 15) is 0 Å². The topological polar surface area (TPSA) is 46.0 Å². The molecule has 0 fully saturated rings. The lowest BCUT2D eigenvalue weighted by Gasteiger charge is -2.14. The van der Waals surface area contributed by atoms with Crippen molar-refractivity contribution in [1.82, 2.24) is 24.8 Å². The van der Waals surface area contributed by atoms with Gasteiger partial charge in [-0.05, 0) is 7.05 Å². The van der Waals surface area contributed by atoms with Gasteiger partial charge in [0.25, 0.3) is 0 Å². The summed E-state index contributed by atoms with van der Waals surface area (Å²) in [5.41, 5.74) is 1.13. The van der Waals surface area contributed by atoms with Crippen LogP contribution in [-0.4, -0.2) is 32.5 Å². The average Bonchev–Trinajstić information content (AvgIpc) is 2.97. The average molecular weight is 293 g/mol. The highest BCUT2D eigenvalue weighted by Gasteiger charge is 2.08. The zero-order valence-corrected chi connectivity index (χ0v) is 13.4. The second kappa shape index (κ2) is 6.97. The van der Waals surface area contributed by atoms with E-state index in [0.29, 0.717) is 6.04 Å².